The Balaban J connectivity index is 1.38. The molecule has 3 heteroatoms. The number of carboxylic acids is 1. The van der Waals surface area contributed by atoms with Crippen molar-refractivity contribution in [2.24, 2.45) is 23.7 Å². The third kappa shape index (κ3) is 5.31. The Morgan fingerprint density at radius 1 is 1.00 bits per heavy atom. The SMILES string of the molecule is O=C(O)CCCCCC[C@@H]1[C@@H]2CC[C@@H](C2)[C@@H]1COCc1ccccc1. The van der Waals surface area contributed by atoms with Crippen molar-refractivity contribution in [3.63, 3.8) is 0 Å². The molecule has 0 radical (unpaired) electrons. The highest BCUT2D eigenvalue weighted by Crippen LogP contribution is 2.54. The van der Waals surface area contributed by atoms with Crippen molar-refractivity contribution in [3.8, 4) is 0 Å². The van der Waals surface area contributed by atoms with E-state index in [0.717, 1.165) is 49.7 Å². The first-order valence-corrected chi connectivity index (χ1v) is 10.1. The average Bonchev–Trinajstić information content (AvgIpc) is 3.21. The number of benzene rings is 1. The van der Waals surface area contributed by atoms with Crippen LogP contribution >= 0.6 is 0 Å². The van der Waals surface area contributed by atoms with Gasteiger partial charge in [-0.15, -0.1) is 0 Å². The topological polar surface area (TPSA) is 46.5 Å². The van der Waals surface area contributed by atoms with Crippen molar-refractivity contribution in [2.75, 3.05) is 6.61 Å². The smallest absolute Gasteiger partial charge is 0.303 e. The molecule has 3 nitrogen and oxygen atoms in total. The second kappa shape index (κ2) is 9.38. The summed E-state index contributed by atoms with van der Waals surface area (Å²) >= 11 is 0. The van der Waals surface area contributed by atoms with Crippen LogP contribution in [-0.2, 0) is 16.1 Å². The van der Waals surface area contributed by atoms with Gasteiger partial charge in [0.2, 0.25) is 0 Å². The zero-order chi connectivity index (χ0) is 17.5. The van der Waals surface area contributed by atoms with Gasteiger partial charge < -0.3 is 9.84 Å². The summed E-state index contributed by atoms with van der Waals surface area (Å²) in [5, 5.41) is 8.70. The van der Waals surface area contributed by atoms with Crippen LogP contribution in [0.15, 0.2) is 30.3 Å². The molecule has 2 saturated carbocycles. The van der Waals surface area contributed by atoms with E-state index in [2.05, 4.69) is 24.3 Å². The van der Waals surface area contributed by atoms with Crippen molar-refractivity contribution in [2.45, 2.75) is 64.4 Å². The van der Waals surface area contributed by atoms with Crippen molar-refractivity contribution >= 4 is 5.97 Å². The van der Waals surface area contributed by atoms with E-state index in [0.29, 0.717) is 6.42 Å². The van der Waals surface area contributed by atoms with Crippen LogP contribution in [0.1, 0.15) is 63.4 Å². The van der Waals surface area contributed by atoms with Gasteiger partial charge >= 0.3 is 5.97 Å². The predicted molar refractivity (Wildman–Crippen MR) is 99.2 cm³/mol. The van der Waals surface area contributed by atoms with E-state index in [1.54, 1.807) is 0 Å². The molecule has 1 aromatic rings. The number of carbonyl (C=O) groups is 1. The minimum Gasteiger partial charge on any atom is -0.481 e. The third-order valence-corrected chi connectivity index (χ3v) is 6.37. The fourth-order valence-corrected chi connectivity index (χ4v) is 5.14. The summed E-state index contributed by atoms with van der Waals surface area (Å²) in [7, 11) is 0. The van der Waals surface area contributed by atoms with Gasteiger partial charge in [-0.1, -0.05) is 49.6 Å². The molecule has 2 bridgehead atoms. The molecule has 0 heterocycles. The molecule has 25 heavy (non-hydrogen) atoms. The number of hydrogen-bond donors (Lipinski definition) is 1. The molecule has 0 saturated heterocycles. The summed E-state index contributed by atoms with van der Waals surface area (Å²) < 4.78 is 6.09. The van der Waals surface area contributed by atoms with Gasteiger partial charge in [0.05, 0.1) is 13.2 Å². The maximum Gasteiger partial charge on any atom is 0.303 e. The number of hydrogen-bond acceptors (Lipinski definition) is 2. The number of aliphatic carboxylic acids is 1. The normalized spacial score (nSPS) is 27.7. The number of unbranched alkanes of at least 4 members (excludes halogenated alkanes) is 3. The summed E-state index contributed by atoms with van der Waals surface area (Å²) in [4.78, 5) is 10.6. The Bertz CT molecular complexity index is 527. The Kier molecular flexibility index (Phi) is 6.92. The van der Waals surface area contributed by atoms with E-state index in [4.69, 9.17) is 9.84 Å². The van der Waals surface area contributed by atoms with Gasteiger partial charge in [-0.25, -0.2) is 0 Å². The Morgan fingerprint density at radius 3 is 2.48 bits per heavy atom. The molecule has 0 amide bonds. The molecule has 0 aliphatic heterocycles. The van der Waals surface area contributed by atoms with Crippen LogP contribution in [0.2, 0.25) is 0 Å². The van der Waals surface area contributed by atoms with Crippen molar-refractivity contribution in [1.82, 2.24) is 0 Å². The predicted octanol–water partition coefficient (Wildman–Crippen LogP) is 5.29. The maximum absolute atomic E-state index is 10.6. The molecule has 2 aliphatic carbocycles. The van der Waals surface area contributed by atoms with Crippen LogP contribution in [-0.4, -0.2) is 17.7 Å². The monoisotopic (exact) mass is 344 g/mol. The summed E-state index contributed by atoms with van der Waals surface area (Å²) in [6, 6.07) is 10.5. The summed E-state index contributed by atoms with van der Waals surface area (Å²) in [6.07, 6.45) is 10.2. The van der Waals surface area contributed by atoms with Crippen LogP contribution < -0.4 is 0 Å². The van der Waals surface area contributed by atoms with Gasteiger partial charge in [0.15, 0.2) is 0 Å². The third-order valence-electron chi connectivity index (χ3n) is 6.37. The first-order chi connectivity index (χ1) is 12.2. The lowest BCUT2D eigenvalue weighted by Crippen LogP contribution is -2.26. The molecule has 2 fully saturated rings. The van der Waals surface area contributed by atoms with Gasteiger partial charge in [-0.2, -0.15) is 0 Å². The highest BCUT2D eigenvalue weighted by molar-refractivity contribution is 5.66. The molecule has 1 N–H and O–H groups in total. The van der Waals surface area contributed by atoms with E-state index in [9.17, 15) is 4.79 Å². The van der Waals surface area contributed by atoms with Crippen LogP contribution in [0.5, 0.6) is 0 Å². The van der Waals surface area contributed by atoms with Crippen molar-refractivity contribution in [3.05, 3.63) is 35.9 Å². The fourth-order valence-electron chi connectivity index (χ4n) is 5.14. The lowest BCUT2D eigenvalue weighted by atomic mass is 9.77. The number of ether oxygens (including phenoxy) is 1. The van der Waals surface area contributed by atoms with Gasteiger partial charge in [-0.3, -0.25) is 4.79 Å². The van der Waals surface area contributed by atoms with Gasteiger partial charge in [0, 0.05) is 6.42 Å². The molecule has 0 aromatic heterocycles. The van der Waals surface area contributed by atoms with E-state index in [-0.39, 0.29) is 0 Å². The van der Waals surface area contributed by atoms with Gasteiger partial charge in [0.1, 0.15) is 0 Å². The minimum absolute atomic E-state index is 0.323. The molecule has 0 spiro atoms. The lowest BCUT2D eigenvalue weighted by molar-refractivity contribution is -0.137. The molecule has 4 atom stereocenters. The first-order valence-electron chi connectivity index (χ1n) is 10.1. The van der Waals surface area contributed by atoms with E-state index >= 15 is 0 Å². The van der Waals surface area contributed by atoms with Crippen LogP contribution in [0.4, 0.5) is 0 Å². The highest BCUT2D eigenvalue weighted by atomic mass is 16.5. The Morgan fingerprint density at radius 2 is 1.72 bits per heavy atom. The second-order valence-electron chi connectivity index (χ2n) is 8.01. The molecule has 0 unspecified atom stereocenters. The molecule has 1 aromatic carbocycles. The number of fused-ring (bicyclic) bond motifs is 2. The second-order valence-corrected chi connectivity index (χ2v) is 8.01. The molecular formula is C22H32O3. The van der Waals surface area contributed by atoms with Crippen LogP contribution in [0.3, 0.4) is 0 Å². The molecular weight excluding hydrogens is 312 g/mol. The van der Waals surface area contributed by atoms with Crippen molar-refractivity contribution in [1.29, 1.82) is 0 Å². The minimum atomic E-state index is -0.663. The zero-order valence-corrected chi connectivity index (χ0v) is 15.2. The van der Waals surface area contributed by atoms with E-state index < -0.39 is 5.97 Å². The van der Waals surface area contributed by atoms with Gasteiger partial charge in [-0.05, 0) is 61.3 Å². The van der Waals surface area contributed by atoms with Crippen molar-refractivity contribution < 1.29 is 14.6 Å². The summed E-state index contributed by atoms with van der Waals surface area (Å²) in [5.74, 6) is 2.74. The molecule has 3 rings (SSSR count). The largest absolute Gasteiger partial charge is 0.481 e. The lowest BCUT2D eigenvalue weighted by Gasteiger charge is -2.31. The van der Waals surface area contributed by atoms with E-state index in [1.807, 2.05) is 6.07 Å². The standard InChI is InChI=1S/C22H32O3/c23-22(24)11-7-2-1-6-10-20-18-12-13-19(14-18)21(20)16-25-15-17-8-4-3-5-9-17/h3-5,8-9,18-21H,1-2,6-7,10-16H2,(H,23,24)/t18-,19+,20-,21+/m1/s1. The van der Waals surface area contributed by atoms with Crippen LogP contribution in [0.25, 0.3) is 0 Å². The Hall–Kier alpha value is -1.35. The molecule has 138 valence electrons. The quantitative estimate of drug-likeness (QED) is 0.555. The highest BCUT2D eigenvalue weighted by Gasteiger charge is 2.46. The maximum atomic E-state index is 10.6. The number of carboxylic acid groups (broad SMARTS) is 1. The van der Waals surface area contributed by atoms with E-state index in [1.165, 1.54) is 44.1 Å². The van der Waals surface area contributed by atoms with Gasteiger partial charge in [0.25, 0.3) is 0 Å². The van der Waals surface area contributed by atoms with Crippen LogP contribution in [0, 0.1) is 23.7 Å². The average molecular weight is 344 g/mol. The Labute approximate surface area is 151 Å². The molecule has 2 aliphatic rings. The fraction of sp³-hybridized carbons (Fsp3) is 0.682. The summed E-state index contributed by atoms with van der Waals surface area (Å²) in [6.45, 7) is 1.65. The first kappa shape index (κ1) is 18.4. The summed E-state index contributed by atoms with van der Waals surface area (Å²) in [5.41, 5.74) is 1.26. The zero-order valence-electron chi connectivity index (χ0n) is 15.2. The number of rotatable bonds is 11.